The molecule has 0 unspecified atom stereocenters. The maximum Gasteiger partial charge on any atom is 0.416 e. The van der Waals surface area contributed by atoms with E-state index < -0.39 is 35.8 Å². The summed E-state index contributed by atoms with van der Waals surface area (Å²) in [4.78, 5) is 42.6. The average Bonchev–Trinajstić information content (AvgIpc) is 2.86. The quantitative estimate of drug-likeness (QED) is 0.574. The number of nitrogens with one attached hydrogen (secondary N) is 1. The zero-order valence-electron chi connectivity index (χ0n) is 21.0. The molecule has 0 spiro atoms. The van der Waals surface area contributed by atoms with Crippen molar-refractivity contribution < 1.29 is 31.9 Å². The number of alkyl halides is 3. The number of piperazine rings is 1. The summed E-state index contributed by atoms with van der Waals surface area (Å²) in [5.74, 6) is -1.09. The predicted octanol–water partition coefficient (Wildman–Crippen LogP) is 3.58. The molecule has 2 aromatic rings. The van der Waals surface area contributed by atoms with Gasteiger partial charge >= 0.3 is 12.2 Å². The van der Waals surface area contributed by atoms with Crippen LogP contribution in [0.5, 0.6) is 0 Å². The number of halogens is 4. The van der Waals surface area contributed by atoms with Crippen LogP contribution in [0.2, 0.25) is 0 Å². The number of carbonyl (C=O) groups is 3. The third-order valence-corrected chi connectivity index (χ3v) is 6.69. The van der Waals surface area contributed by atoms with Crippen LogP contribution in [0, 0.1) is 5.82 Å². The lowest BCUT2D eigenvalue weighted by molar-refractivity contribution is -0.188. The summed E-state index contributed by atoms with van der Waals surface area (Å²) in [6, 6.07) is 9.03. The first kappa shape index (κ1) is 27.4. The monoisotopic (exact) mass is 535 g/mol. The van der Waals surface area contributed by atoms with Gasteiger partial charge in [-0.1, -0.05) is 37.6 Å². The molecule has 2 fully saturated rings. The van der Waals surface area contributed by atoms with Crippen LogP contribution >= 0.6 is 0 Å². The molecule has 0 radical (unpaired) electrons. The third kappa shape index (κ3) is 5.74. The zero-order valence-corrected chi connectivity index (χ0v) is 21.0. The fraction of sp³-hybridized carbons (Fsp3) is 0.423. The highest BCUT2D eigenvalue weighted by Gasteiger charge is 2.50. The largest absolute Gasteiger partial charge is 0.416 e. The average molecular weight is 536 g/mol. The van der Waals surface area contributed by atoms with Gasteiger partial charge in [0.15, 0.2) is 0 Å². The summed E-state index contributed by atoms with van der Waals surface area (Å²) >= 11 is 0. The van der Waals surface area contributed by atoms with Gasteiger partial charge in [0.25, 0.3) is 0 Å². The van der Waals surface area contributed by atoms with E-state index in [2.05, 4.69) is 5.32 Å². The second-order valence-electron chi connectivity index (χ2n) is 9.45. The highest BCUT2D eigenvalue weighted by molar-refractivity contribution is 5.91. The van der Waals surface area contributed by atoms with E-state index in [9.17, 15) is 31.9 Å². The van der Waals surface area contributed by atoms with Crippen LogP contribution in [-0.2, 0) is 28.9 Å². The van der Waals surface area contributed by atoms with Crippen molar-refractivity contribution in [2.24, 2.45) is 0 Å². The number of likely N-dealkylation sites (N-methyl/N-ethyl adjacent to an activating group) is 1. The molecule has 12 heteroatoms. The summed E-state index contributed by atoms with van der Waals surface area (Å²) in [6.45, 7) is 1.67. The van der Waals surface area contributed by atoms with E-state index in [1.165, 1.54) is 44.1 Å². The van der Waals surface area contributed by atoms with Gasteiger partial charge in [0.1, 0.15) is 18.0 Å². The molecule has 2 aliphatic rings. The number of fused-ring (bicyclic) bond motifs is 1. The Labute approximate surface area is 217 Å². The molecule has 0 aromatic heterocycles. The highest BCUT2D eigenvalue weighted by atomic mass is 19.4. The lowest BCUT2D eigenvalue weighted by atomic mass is 10.0. The first-order valence-corrected chi connectivity index (χ1v) is 12.3. The molecule has 1 N–H and O–H groups in total. The Morgan fingerprint density at radius 3 is 2.45 bits per heavy atom. The molecule has 2 saturated heterocycles. The molecule has 2 heterocycles. The number of urea groups is 1. The SMILES string of the molecule is CCC[C@H]1C(=O)N(Cc2cccc(C(F)(F)F)c2)C[C@H]2N1C(=O)CN(C)N2C(=O)NCc1ccc(F)cc1. The van der Waals surface area contributed by atoms with Crippen molar-refractivity contribution in [1.82, 2.24) is 25.1 Å². The minimum Gasteiger partial charge on any atom is -0.333 e. The van der Waals surface area contributed by atoms with Gasteiger partial charge in [0.2, 0.25) is 11.8 Å². The topological polar surface area (TPSA) is 76.2 Å². The lowest BCUT2D eigenvalue weighted by Crippen LogP contribution is -2.75. The number of hydrogen-bond donors (Lipinski definition) is 1. The van der Waals surface area contributed by atoms with E-state index in [1.807, 2.05) is 6.92 Å². The highest BCUT2D eigenvalue weighted by Crippen LogP contribution is 2.32. The van der Waals surface area contributed by atoms with Gasteiger partial charge in [-0.3, -0.25) is 9.59 Å². The van der Waals surface area contributed by atoms with E-state index in [1.54, 1.807) is 19.2 Å². The van der Waals surface area contributed by atoms with Crippen LogP contribution in [0.1, 0.15) is 36.5 Å². The smallest absolute Gasteiger partial charge is 0.333 e. The minimum absolute atomic E-state index is 0.0741. The van der Waals surface area contributed by atoms with Gasteiger partial charge in [-0.15, -0.1) is 0 Å². The third-order valence-electron chi connectivity index (χ3n) is 6.69. The predicted molar refractivity (Wildman–Crippen MR) is 129 cm³/mol. The van der Waals surface area contributed by atoms with Gasteiger partial charge in [-0.05, 0) is 41.8 Å². The van der Waals surface area contributed by atoms with Crippen LogP contribution in [0.25, 0.3) is 0 Å². The molecule has 204 valence electrons. The Hall–Kier alpha value is -3.67. The zero-order chi connectivity index (χ0) is 27.6. The summed E-state index contributed by atoms with van der Waals surface area (Å²) in [5.41, 5.74) is 0.140. The molecule has 8 nitrogen and oxygen atoms in total. The number of carbonyl (C=O) groups excluding carboxylic acids is 3. The van der Waals surface area contributed by atoms with Crippen LogP contribution < -0.4 is 5.32 Å². The molecular weight excluding hydrogens is 506 g/mol. The molecule has 4 amide bonds. The normalized spacial score (nSPS) is 20.5. The van der Waals surface area contributed by atoms with Crippen molar-refractivity contribution in [2.75, 3.05) is 20.1 Å². The molecule has 0 aliphatic carbocycles. The molecular formula is C26H29F4N5O3. The van der Waals surface area contributed by atoms with E-state index in [-0.39, 0.29) is 38.0 Å². The lowest BCUT2D eigenvalue weighted by Gasteiger charge is -2.54. The summed E-state index contributed by atoms with van der Waals surface area (Å²) in [5, 5.41) is 5.59. The van der Waals surface area contributed by atoms with Crippen LogP contribution in [0.3, 0.4) is 0 Å². The second-order valence-corrected chi connectivity index (χ2v) is 9.45. The summed E-state index contributed by atoms with van der Waals surface area (Å²) < 4.78 is 53.0. The number of amides is 4. The second kappa shape index (κ2) is 11.0. The molecule has 2 atom stereocenters. The Kier molecular flexibility index (Phi) is 7.91. The number of hydrazine groups is 1. The van der Waals surface area contributed by atoms with E-state index in [4.69, 9.17) is 0 Å². The van der Waals surface area contributed by atoms with Gasteiger partial charge < -0.3 is 15.1 Å². The van der Waals surface area contributed by atoms with Gasteiger partial charge in [0, 0.05) is 20.1 Å². The molecule has 2 aromatic carbocycles. The Bertz CT molecular complexity index is 1190. The number of rotatable bonds is 6. The van der Waals surface area contributed by atoms with Crippen molar-refractivity contribution in [3.05, 3.63) is 71.0 Å². The molecule has 0 bridgehead atoms. The first-order valence-electron chi connectivity index (χ1n) is 12.3. The van der Waals surface area contributed by atoms with Crippen molar-refractivity contribution in [1.29, 1.82) is 0 Å². The Morgan fingerprint density at radius 2 is 1.79 bits per heavy atom. The van der Waals surface area contributed by atoms with Gasteiger partial charge in [0.05, 0.1) is 18.7 Å². The molecule has 38 heavy (non-hydrogen) atoms. The van der Waals surface area contributed by atoms with E-state index in [0.717, 1.165) is 12.1 Å². The number of benzene rings is 2. The Morgan fingerprint density at radius 1 is 1.08 bits per heavy atom. The fourth-order valence-corrected chi connectivity index (χ4v) is 4.93. The molecule has 0 saturated carbocycles. The van der Waals surface area contributed by atoms with Crippen molar-refractivity contribution >= 4 is 17.8 Å². The van der Waals surface area contributed by atoms with E-state index in [0.29, 0.717) is 24.0 Å². The van der Waals surface area contributed by atoms with Crippen LogP contribution in [0.4, 0.5) is 22.4 Å². The van der Waals surface area contributed by atoms with E-state index >= 15 is 0 Å². The maximum atomic E-state index is 13.4. The first-order chi connectivity index (χ1) is 18.0. The maximum absolute atomic E-state index is 13.4. The standard InChI is InChI=1S/C26H29F4N5O3/c1-3-5-21-24(37)33(14-18-6-4-7-19(12-18)26(28,29)30)15-22-34(21)23(36)16-32(2)35(22)25(38)31-13-17-8-10-20(27)11-9-17/h4,6-12,21-22H,3,5,13-16H2,1-2H3,(H,31,38)/t21-,22-/m0/s1. The van der Waals surface area contributed by atoms with Gasteiger partial charge in [-0.2, -0.15) is 13.2 Å². The summed E-state index contributed by atoms with van der Waals surface area (Å²) in [7, 11) is 1.58. The fourth-order valence-electron chi connectivity index (χ4n) is 4.93. The van der Waals surface area contributed by atoms with Crippen molar-refractivity contribution in [2.45, 2.75) is 51.2 Å². The van der Waals surface area contributed by atoms with Gasteiger partial charge in [-0.25, -0.2) is 19.2 Å². The molecule has 2 aliphatic heterocycles. The van der Waals surface area contributed by atoms with Crippen molar-refractivity contribution in [3.8, 4) is 0 Å². The van der Waals surface area contributed by atoms with Crippen LogP contribution in [-0.4, -0.2) is 70.0 Å². The van der Waals surface area contributed by atoms with Crippen molar-refractivity contribution in [3.63, 3.8) is 0 Å². The number of nitrogens with zero attached hydrogens (tertiary/aromatic N) is 4. The van der Waals surface area contributed by atoms with Crippen LogP contribution in [0.15, 0.2) is 48.5 Å². The summed E-state index contributed by atoms with van der Waals surface area (Å²) in [6.07, 6.45) is -4.46. The minimum atomic E-state index is -4.53. The molecule has 4 rings (SSSR count). The Balaban J connectivity index is 1.59. The number of hydrogen-bond acceptors (Lipinski definition) is 4.